The van der Waals surface area contributed by atoms with Gasteiger partial charge in [-0.2, -0.15) is 0 Å². The summed E-state index contributed by atoms with van der Waals surface area (Å²) >= 11 is 0. The van der Waals surface area contributed by atoms with Crippen LogP contribution in [0, 0.1) is 0 Å². The van der Waals surface area contributed by atoms with E-state index in [1.165, 1.54) is 6.92 Å². The number of nitrogens with zero attached hydrogens (tertiary/aromatic N) is 1. The molecule has 5 heteroatoms. The van der Waals surface area contributed by atoms with Crippen molar-refractivity contribution in [3.63, 3.8) is 0 Å². The van der Waals surface area contributed by atoms with Crippen molar-refractivity contribution >= 4 is 12.0 Å². The minimum Gasteiger partial charge on any atom is -0.512 e. The minimum absolute atomic E-state index is 0.0461. The second kappa shape index (κ2) is 4.15. The van der Waals surface area contributed by atoms with Gasteiger partial charge in [0.15, 0.2) is 0 Å². The fraction of sp³-hybridized carbons (Fsp3) is 0.636. The fourth-order valence-corrected chi connectivity index (χ4v) is 1.32. The van der Waals surface area contributed by atoms with Crippen LogP contribution >= 0.6 is 0 Å². The van der Waals surface area contributed by atoms with Crippen LogP contribution in [0.1, 0.15) is 34.1 Å². The smallest absolute Gasteiger partial charge is 0.417 e. The Balaban J connectivity index is 2.78. The van der Waals surface area contributed by atoms with Gasteiger partial charge in [-0.3, -0.25) is 4.79 Å². The van der Waals surface area contributed by atoms with E-state index in [0.29, 0.717) is 0 Å². The first-order chi connectivity index (χ1) is 7.22. The number of carbonyl (C=O) groups is 2. The summed E-state index contributed by atoms with van der Waals surface area (Å²) in [4.78, 5) is 24.3. The third kappa shape index (κ3) is 2.74. The minimum atomic E-state index is -0.663. The molecular weight excluding hydrogens is 210 g/mol. The van der Waals surface area contributed by atoms with Crippen molar-refractivity contribution in [3.8, 4) is 0 Å². The Morgan fingerprint density at radius 3 is 2.50 bits per heavy atom. The summed E-state index contributed by atoms with van der Waals surface area (Å²) in [5.74, 6) is -0.442. The van der Waals surface area contributed by atoms with Gasteiger partial charge in [0.05, 0.1) is 5.57 Å². The van der Waals surface area contributed by atoms with E-state index < -0.39 is 17.6 Å². The Bertz CT molecular complexity index is 351. The summed E-state index contributed by atoms with van der Waals surface area (Å²) in [5, 5.41) is 9.36. The second-order valence-electron chi connectivity index (χ2n) is 4.76. The lowest BCUT2D eigenvalue weighted by Crippen LogP contribution is -2.44. The molecule has 1 rings (SSSR count). The average Bonchev–Trinajstić information content (AvgIpc) is 2.11. The van der Waals surface area contributed by atoms with E-state index in [0.717, 1.165) is 4.90 Å². The number of rotatable bonds is 0. The molecule has 0 aliphatic carbocycles. The van der Waals surface area contributed by atoms with E-state index in [1.54, 1.807) is 20.8 Å². The van der Waals surface area contributed by atoms with E-state index in [1.807, 2.05) is 0 Å². The lowest BCUT2D eigenvalue weighted by molar-refractivity contribution is -0.127. The Hall–Kier alpha value is -1.52. The highest BCUT2D eigenvalue weighted by Crippen LogP contribution is 2.19. The number of ether oxygens (including phenoxy) is 1. The molecule has 1 N–H and O–H groups in total. The molecule has 0 aromatic rings. The van der Waals surface area contributed by atoms with Gasteiger partial charge < -0.3 is 9.84 Å². The van der Waals surface area contributed by atoms with E-state index in [9.17, 15) is 14.7 Å². The third-order valence-electron chi connectivity index (χ3n) is 2.18. The first-order valence-electron chi connectivity index (χ1n) is 5.16. The van der Waals surface area contributed by atoms with Crippen molar-refractivity contribution in [1.29, 1.82) is 0 Å². The number of hydrogen-bond acceptors (Lipinski definition) is 4. The molecular formula is C11H17NO4. The lowest BCUT2D eigenvalue weighted by Gasteiger charge is -2.28. The molecule has 0 aromatic carbocycles. The largest absolute Gasteiger partial charge is 0.512 e. The number of aliphatic hydroxyl groups is 1. The topological polar surface area (TPSA) is 66.8 Å². The van der Waals surface area contributed by atoms with E-state index >= 15 is 0 Å². The van der Waals surface area contributed by atoms with Gasteiger partial charge in [0.1, 0.15) is 11.4 Å². The number of carbonyl (C=O) groups excluding carboxylic acids is 2. The number of imide groups is 1. The molecule has 0 bridgehead atoms. The fourth-order valence-electron chi connectivity index (χ4n) is 1.32. The van der Waals surface area contributed by atoms with Crippen LogP contribution in [-0.4, -0.2) is 34.2 Å². The average molecular weight is 227 g/mol. The predicted octanol–water partition coefficient (Wildman–Crippen LogP) is 1.99. The zero-order valence-electron chi connectivity index (χ0n) is 10.0. The highest BCUT2D eigenvalue weighted by atomic mass is 16.6. The van der Waals surface area contributed by atoms with Crippen molar-refractivity contribution in [1.82, 2.24) is 4.90 Å². The van der Waals surface area contributed by atoms with Gasteiger partial charge in [0.25, 0.3) is 5.91 Å². The first-order valence-corrected chi connectivity index (χ1v) is 5.16. The molecule has 0 atom stereocenters. The number of aliphatic hydroxyl groups excluding tert-OH is 1. The maximum atomic E-state index is 11.7. The van der Waals surface area contributed by atoms with E-state index in [2.05, 4.69) is 0 Å². The van der Waals surface area contributed by atoms with Gasteiger partial charge in [-0.1, -0.05) is 0 Å². The highest BCUT2D eigenvalue weighted by molar-refractivity contribution is 6.03. The maximum absolute atomic E-state index is 11.7. The number of amides is 2. The number of hydrogen-bond donors (Lipinski definition) is 1. The molecule has 0 unspecified atom stereocenters. The second-order valence-corrected chi connectivity index (χ2v) is 4.76. The molecule has 1 aliphatic heterocycles. The Morgan fingerprint density at radius 1 is 1.44 bits per heavy atom. The molecule has 2 amide bonds. The molecule has 0 radical (unpaired) electrons. The molecule has 1 heterocycles. The van der Waals surface area contributed by atoms with E-state index in [-0.39, 0.29) is 24.3 Å². The quantitative estimate of drug-likeness (QED) is 0.687. The molecule has 0 saturated carbocycles. The normalized spacial score (nSPS) is 17.8. The van der Waals surface area contributed by atoms with Gasteiger partial charge in [-0.15, -0.1) is 0 Å². The van der Waals surface area contributed by atoms with Crippen LogP contribution in [0.5, 0.6) is 0 Å². The third-order valence-corrected chi connectivity index (χ3v) is 2.18. The zero-order chi connectivity index (χ0) is 12.5. The summed E-state index contributed by atoms with van der Waals surface area (Å²) in [6, 6.07) is 0. The van der Waals surface area contributed by atoms with Crippen LogP contribution in [0.2, 0.25) is 0 Å². The molecule has 1 aliphatic rings. The molecule has 0 saturated heterocycles. The lowest BCUT2D eigenvalue weighted by atomic mass is 10.1. The van der Waals surface area contributed by atoms with Crippen molar-refractivity contribution in [2.24, 2.45) is 0 Å². The Kier molecular flexibility index (Phi) is 3.26. The summed E-state index contributed by atoms with van der Waals surface area (Å²) in [7, 11) is 0. The predicted molar refractivity (Wildman–Crippen MR) is 57.9 cm³/mol. The van der Waals surface area contributed by atoms with Gasteiger partial charge in [0.2, 0.25) is 0 Å². The first kappa shape index (κ1) is 12.5. The molecule has 16 heavy (non-hydrogen) atoms. The molecule has 0 aromatic heterocycles. The zero-order valence-corrected chi connectivity index (χ0v) is 10.0. The summed E-state index contributed by atoms with van der Waals surface area (Å²) in [6.45, 7) is 6.86. The summed E-state index contributed by atoms with van der Waals surface area (Å²) in [6.07, 6.45) is -0.374. The standard InChI is InChI=1S/C11H17NO4/c1-7-8(13)5-6-12(9(7)14)10(15)16-11(2,3)4/h13H,5-6H2,1-4H3. The van der Waals surface area contributed by atoms with Crippen LogP contribution in [-0.2, 0) is 9.53 Å². The van der Waals surface area contributed by atoms with Crippen molar-refractivity contribution in [2.75, 3.05) is 6.54 Å². The molecule has 0 fully saturated rings. The van der Waals surface area contributed by atoms with Crippen LogP contribution in [0.4, 0.5) is 4.79 Å². The highest BCUT2D eigenvalue weighted by Gasteiger charge is 2.32. The summed E-state index contributed by atoms with van der Waals surface area (Å²) < 4.78 is 5.09. The van der Waals surface area contributed by atoms with Gasteiger partial charge in [0, 0.05) is 13.0 Å². The van der Waals surface area contributed by atoms with Crippen molar-refractivity contribution in [3.05, 3.63) is 11.3 Å². The monoisotopic (exact) mass is 227 g/mol. The maximum Gasteiger partial charge on any atom is 0.417 e. The van der Waals surface area contributed by atoms with Gasteiger partial charge >= 0.3 is 6.09 Å². The van der Waals surface area contributed by atoms with Crippen molar-refractivity contribution in [2.45, 2.75) is 39.7 Å². The van der Waals surface area contributed by atoms with Crippen LogP contribution in [0.25, 0.3) is 0 Å². The van der Waals surface area contributed by atoms with Crippen molar-refractivity contribution < 1.29 is 19.4 Å². The van der Waals surface area contributed by atoms with Gasteiger partial charge in [-0.25, -0.2) is 9.69 Å². The molecule has 0 spiro atoms. The SMILES string of the molecule is CC1=C(O)CCN(C(=O)OC(C)(C)C)C1=O. The van der Waals surface area contributed by atoms with Crippen LogP contribution in [0.15, 0.2) is 11.3 Å². The van der Waals surface area contributed by atoms with Gasteiger partial charge in [-0.05, 0) is 27.7 Å². The Labute approximate surface area is 94.7 Å². The van der Waals surface area contributed by atoms with Crippen LogP contribution in [0.3, 0.4) is 0 Å². The molecule has 5 nitrogen and oxygen atoms in total. The Morgan fingerprint density at radius 2 is 2.00 bits per heavy atom. The van der Waals surface area contributed by atoms with Crippen LogP contribution < -0.4 is 0 Å². The molecule has 90 valence electrons. The summed E-state index contributed by atoms with van der Waals surface area (Å²) in [5.41, 5.74) is -0.425. The van der Waals surface area contributed by atoms with E-state index in [4.69, 9.17) is 4.74 Å².